The Morgan fingerprint density at radius 2 is 2.03 bits per heavy atom. The molecular formula is C23H24N10O. The van der Waals surface area contributed by atoms with Crippen molar-refractivity contribution in [2.75, 3.05) is 5.73 Å². The van der Waals surface area contributed by atoms with E-state index in [0.29, 0.717) is 41.9 Å². The average molecular weight is 457 g/mol. The maximum Gasteiger partial charge on any atom is 0.251 e. The number of hydrogen-bond acceptors (Lipinski definition) is 8. The molecule has 11 heteroatoms. The van der Waals surface area contributed by atoms with Gasteiger partial charge in [0.05, 0.1) is 24.5 Å². The van der Waals surface area contributed by atoms with Gasteiger partial charge in [-0.05, 0) is 48.7 Å². The van der Waals surface area contributed by atoms with Crippen LogP contribution in [0.15, 0.2) is 52.9 Å². The molecule has 1 unspecified atom stereocenters. The number of nitrogens with two attached hydrogens (primary N) is 1. The Balaban J connectivity index is 1.21. The third-order valence-corrected chi connectivity index (χ3v) is 5.67. The molecule has 0 aliphatic carbocycles. The average Bonchev–Trinajstić information content (AvgIpc) is 3.55. The number of amides is 1. The number of pyridine rings is 1. The van der Waals surface area contributed by atoms with Crippen molar-refractivity contribution in [1.82, 2.24) is 35.5 Å². The maximum atomic E-state index is 12.6. The summed E-state index contributed by atoms with van der Waals surface area (Å²) in [5, 5.41) is 26.4. The third kappa shape index (κ3) is 4.53. The van der Waals surface area contributed by atoms with E-state index in [0.717, 1.165) is 28.1 Å². The maximum absolute atomic E-state index is 12.6. The molecule has 0 spiro atoms. The van der Waals surface area contributed by atoms with Gasteiger partial charge in [-0.15, -0.1) is 5.10 Å². The molecular weight excluding hydrogens is 432 g/mol. The molecule has 4 aromatic rings. The molecule has 0 saturated heterocycles. The normalized spacial score (nSPS) is 14.2. The fourth-order valence-corrected chi connectivity index (χ4v) is 3.89. The zero-order valence-corrected chi connectivity index (χ0v) is 18.9. The zero-order valence-electron chi connectivity index (χ0n) is 18.9. The quantitative estimate of drug-likeness (QED) is 0.387. The van der Waals surface area contributed by atoms with Crippen molar-refractivity contribution >= 4 is 34.3 Å². The van der Waals surface area contributed by atoms with Gasteiger partial charge in [-0.2, -0.15) is 25.6 Å². The summed E-state index contributed by atoms with van der Waals surface area (Å²) in [6.45, 7) is 4.43. The van der Waals surface area contributed by atoms with Gasteiger partial charge in [0, 0.05) is 30.3 Å². The van der Waals surface area contributed by atoms with E-state index in [1.54, 1.807) is 6.07 Å². The van der Waals surface area contributed by atoms with Crippen molar-refractivity contribution in [2.24, 2.45) is 10.2 Å². The molecule has 0 fully saturated rings. The molecule has 1 aliphatic heterocycles. The lowest BCUT2D eigenvalue weighted by atomic mass is 10.1. The molecule has 11 nitrogen and oxygen atoms in total. The van der Waals surface area contributed by atoms with Gasteiger partial charge in [0.15, 0.2) is 0 Å². The van der Waals surface area contributed by atoms with Gasteiger partial charge in [-0.25, -0.2) is 4.98 Å². The monoisotopic (exact) mass is 456 g/mol. The number of H-pyrrole nitrogens is 1. The van der Waals surface area contributed by atoms with Crippen LogP contribution in [0.1, 0.15) is 47.3 Å². The lowest BCUT2D eigenvalue weighted by Gasteiger charge is -2.13. The zero-order chi connectivity index (χ0) is 23.7. The van der Waals surface area contributed by atoms with Crippen LogP contribution in [0.5, 0.6) is 0 Å². The first-order valence-electron chi connectivity index (χ1n) is 10.9. The van der Waals surface area contributed by atoms with E-state index in [2.05, 4.69) is 41.0 Å². The number of benzene rings is 1. The highest BCUT2D eigenvalue weighted by Crippen LogP contribution is 2.19. The largest absolute Gasteiger partial charge is 0.384 e. The van der Waals surface area contributed by atoms with Crippen molar-refractivity contribution < 1.29 is 4.79 Å². The number of aromatic nitrogens is 6. The van der Waals surface area contributed by atoms with Crippen molar-refractivity contribution in [3.05, 3.63) is 65.0 Å². The summed E-state index contributed by atoms with van der Waals surface area (Å²) < 4.78 is 1.86. The summed E-state index contributed by atoms with van der Waals surface area (Å²) in [5.41, 5.74) is 12.5. The second-order valence-electron chi connectivity index (χ2n) is 8.42. The summed E-state index contributed by atoms with van der Waals surface area (Å²) in [4.78, 5) is 16.8. The van der Waals surface area contributed by atoms with Gasteiger partial charge in [0.25, 0.3) is 5.91 Å². The Hall–Kier alpha value is -4.41. The van der Waals surface area contributed by atoms with E-state index in [4.69, 9.17) is 5.73 Å². The van der Waals surface area contributed by atoms with E-state index in [9.17, 15) is 4.79 Å². The van der Waals surface area contributed by atoms with Crippen LogP contribution in [0.25, 0.3) is 11.2 Å². The Bertz CT molecular complexity index is 1410. The Morgan fingerprint density at radius 3 is 2.79 bits per heavy atom. The second-order valence-corrected chi connectivity index (χ2v) is 8.42. The second kappa shape index (κ2) is 8.85. The first kappa shape index (κ1) is 21.4. The molecule has 5 rings (SSSR count). The number of aromatic amines is 1. The number of nitrogen functional groups attached to an aromatic ring is 1. The van der Waals surface area contributed by atoms with Crippen molar-refractivity contribution in [2.45, 2.75) is 39.3 Å². The summed E-state index contributed by atoms with van der Waals surface area (Å²) in [6.07, 6.45) is 5.12. The first-order chi connectivity index (χ1) is 16.4. The summed E-state index contributed by atoms with van der Waals surface area (Å²) in [6, 6.07) is 9.15. The van der Waals surface area contributed by atoms with Crippen LogP contribution >= 0.6 is 0 Å². The Morgan fingerprint density at radius 1 is 1.21 bits per heavy atom. The highest BCUT2D eigenvalue weighted by molar-refractivity contribution is 6.10. The van der Waals surface area contributed by atoms with Gasteiger partial charge in [0.2, 0.25) is 5.65 Å². The predicted molar refractivity (Wildman–Crippen MR) is 129 cm³/mol. The van der Waals surface area contributed by atoms with E-state index >= 15 is 0 Å². The smallest absolute Gasteiger partial charge is 0.251 e. The standard InChI is InChI=1S/C23H24N10O/c1-13-7-19(29-28-13)14(2)26-23(34)17-5-3-15(4-6-17)11-33-12-16(10-25-33)8-18-9-20(24)27-22-21(18)30-32-31-22/h3-6,9-10,12,14H,7-8,11H2,1-2H3,(H,26,34)(H3,24,27,30,31,32). The molecule has 1 aliphatic rings. The van der Waals surface area contributed by atoms with Crippen LogP contribution in [0, 0.1) is 0 Å². The summed E-state index contributed by atoms with van der Waals surface area (Å²) >= 11 is 0. The molecule has 0 radical (unpaired) electrons. The summed E-state index contributed by atoms with van der Waals surface area (Å²) in [7, 11) is 0. The highest BCUT2D eigenvalue weighted by atomic mass is 16.1. The minimum atomic E-state index is -0.162. The van der Waals surface area contributed by atoms with Crippen LogP contribution in [0.3, 0.4) is 0 Å². The van der Waals surface area contributed by atoms with Crippen molar-refractivity contribution in [1.29, 1.82) is 0 Å². The number of fused-ring (bicyclic) bond motifs is 1. The molecule has 34 heavy (non-hydrogen) atoms. The van der Waals surface area contributed by atoms with Crippen LogP contribution in [0.2, 0.25) is 0 Å². The number of rotatable bonds is 7. The molecule has 0 bridgehead atoms. The van der Waals surface area contributed by atoms with Crippen LogP contribution in [0.4, 0.5) is 5.82 Å². The Kier molecular flexibility index (Phi) is 5.58. The fraction of sp³-hybridized carbons (Fsp3) is 0.261. The Labute approximate surface area is 195 Å². The number of nitrogens with one attached hydrogen (secondary N) is 2. The van der Waals surface area contributed by atoms with Crippen LogP contribution in [-0.2, 0) is 13.0 Å². The number of carbonyl (C=O) groups is 1. The fourth-order valence-electron chi connectivity index (χ4n) is 3.89. The molecule has 1 atom stereocenters. The number of anilines is 1. The minimum Gasteiger partial charge on any atom is -0.384 e. The molecule has 1 amide bonds. The van der Waals surface area contributed by atoms with Gasteiger partial charge >= 0.3 is 0 Å². The van der Waals surface area contributed by atoms with Crippen LogP contribution in [-0.4, -0.2) is 53.5 Å². The number of carbonyl (C=O) groups excluding carboxylic acids is 1. The van der Waals surface area contributed by atoms with Crippen molar-refractivity contribution in [3.8, 4) is 0 Å². The number of nitrogens with zero attached hydrogens (tertiary/aromatic N) is 7. The van der Waals surface area contributed by atoms with Gasteiger partial charge in [0.1, 0.15) is 11.3 Å². The molecule has 1 aromatic carbocycles. The van der Waals surface area contributed by atoms with E-state index in [-0.39, 0.29) is 11.9 Å². The van der Waals surface area contributed by atoms with Gasteiger partial charge in [-0.1, -0.05) is 12.1 Å². The predicted octanol–water partition coefficient (Wildman–Crippen LogP) is 2.11. The molecule has 0 saturated carbocycles. The van der Waals surface area contributed by atoms with E-state index < -0.39 is 0 Å². The minimum absolute atomic E-state index is 0.136. The van der Waals surface area contributed by atoms with Crippen LogP contribution < -0.4 is 11.1 Å². The van der Waals surface area contributed by atoms with Gasteiger partial charge < -0.3 is 11.1 Å². The lowest BCUT2D eigenvalue weighted by molar-refractivity contribution is 0.0949. The molecule has 172 valence electrons. The summed E-state index contributed by atoms with van der Waals surface area (Å²) in [5.74, 6) is 0.269. The third-order valence-electron chi connectivity index (χ3n) is 5.67. The van der Waals surface area contributed by atoms with Crippen molar-refractivity contribution in [3.63, 3.8) is 0 Å². The molecule has 4 N–H and O–H groups in total. The SMILES string of the molecule is CC1=NN=C(C(C)NC(=O)c2ccc(Cn3cc(Cc4cc(N)nc5n[nH]nc45)cn3)cc2)C1. The highest BCUT2D eigenvalue weighted by Gasteiger charge is 2.19. The first-order valence-corrected chi connectivity index (χ1v) is 10.9. The topological polar surface area (TPSA) is 152 Å². The van der Waals surface area contributed by atoms with Gasteiger partial charge in [-0.3, -0.25) is 9.48 Å². The van der Waals surface area contributed by atoms with E-state index in [1.807, 2.05) is 55.2 Å². The lowest BCUT2D eigenvalue weighted by Crippen LogP contribution is -2.38. The number of hydrogen-bond donors (Lipinski definition) is 3. The molecule has 4 heterocycles. The molecule has 3 aromatic heterocycles. The van der Waals surface area contributed by atoms with E-state index in [1.165, 1.54) is 0 Å².